The Morgan fingerprint density at radius 1 is 1.38 bits per heavy atom. The molecule has 0 aliphatic rings. The zero-order chi connectivity index (χ0) is 11.8. The maximum atomic E-state index is 10.0. The van der Waals surface area contributed by atoms with Crippen molar-refractivity contribution in [1.82, 2.24) is 4.98 Å². The first-order valence-electron chi connectivity index (χ1n) is 5.96. The number of hydrogen-bond acceptors (Lipinski definition) is 3. The van der Waals surface area contributed by atoms with Crippen molar-refractivity contribution in [3.05, 3.63) is 23.9 Å². The summed E-state index contributed by atoms with van der Waals surface area (Å²) in [6.45, 7) is 2.18. The SMILES string of the molecule is CCCCCCC(O)c1cccnc1OC. The monoisotopic (exact) mass is 223 g/mol. The topological polar surface area (TPSA) is 42.4 Å². The van der Waals surface area contributed by atoms with Crippen LogP contribution in [0, 0.1) is 0 Å². The van der Waals surface area contributed by atoms with Gasteiger partial charge >= 0.3 is 0 Å². The third-order valence-electron chi connectivity index (χ3n) is 2.68. The molecule has 1 aromatic heterocycles. The molecule has 1 unspecified atom stereocenters. The highest BCUT2D eigenvalue weighted by molar-refractivity contribution is 5.27. The second-order valence-electron chi connectivity index (χ2n) is 3.97. The fourth-order valence-electron chi connectivity index (χ4n) is 1.75. The Morgan fingerprint density at radius 2 is 2.19 bits per heavy atom. The zero-order valence-electron chi connectivity index (χ0n) is 10.1. The van der Waals surface area contributed by atoms with Crippen LogP contribution in [0.15, 0.2) is 18.3 Å². The summed E-state index contributed by atoms with van der Waals surface area (Å²) in [4.78, 5) is 4.08. The van der Waals surface area contributed by atoms with Gasteiger partial charge in [-0.15, -0.1) is 0 Å². The molecule has 3 heteroatoms. The van der Waals surface area contributed by atoms with E-state index >= 15 is 0 Å². The first-order valence-corrected chi connectivity index (χ1v) is 5.96. The fraction of sp³-hybridized carbons (Fsp3) is 0.615. The summed E-state index contributed by atoms with van der Waals surface area (Å²) in [5, 5.41) is 10.0. The molecule has 0 spiro atoms. The third kappa shape index (κ3) is 3.81. The minimum absolute atomic E-state index is 0.458. The molecule has 0 bridgehead atoms. The summed E-state index contributed by atoms with van der Waals surface area (Å²) in [6.07, 6.45) is 6.67. The predicted molar refractivity (Wildman–Crippen MR) is 64.5 cm³/mol. The molecule has 1 rings (SSSR count). The van der Waals surface area contributed by atoms with Gasteiger partial charge in [0.25, 0.3) is 0 Å². The maximum Gasteiger partial charge on any atom is 0.218 e. The van der Waals surface area contributed by atoms with Gasteiger partial charge in [-0.25, -0.2) is 4.98 Å². The predicted octanol–water partition coefficient (Wildman–Crippen LogP) is 3.09. The summed E-state index contributed by atoms with van der Waals surface area (Å²) < 4.78 is 5.12. The van der Waals surface area contributed by atoms with Gasteiger partial charge in [-0.2, -0.15) is 0 Å². The van der Waals surface area contributed by atoms with Crippen LogP contribution in [0.4, 0.5) is 0 Å². The van der Waals surface area contributed by atoms with Crippen LogP contribution in [0.2, 0.25) is 0 Å². The van der Waals surface area contributed by atoms with Gasteiger partial charge in [0.05, 0.1) is 13.2 Å². The van der Waals surface area contributed by atoms with Crippen molar-refractivity contribution in [2.75, 3.05) is 7.11 Å². The number of pyridine rings is 1. The first kappa shape index (κ1) is 13.0. The van der Waals surface area contributed by atoms with Crippen LogP contribution in [0.5, 0.6) is 5.88 Å². The molecule has 0 saturated heterocycles. The highest BCUT2D eigenvalue weighted by Crippen LogP contribution is 2.26. The third-order valence-corrected chi connectivity index (χ3v) is 2.68. The van der Waals surface area contributed by atoms with E-state index in [0.29, 0.717) is 5.88 Å². The van der Waals surface area contributed by atoms with E-state index in [-0.39, 0.29) is 0 Å². The molecule has 0 saturated carbocycles. The Labute approximate surface area is 97.5 Å². The highest BCUT2D eigenvalue weighted by atomic mass is 16.5. The van der Waals surface area contributed by atoms with Gasteiger partial charge in [0.1, 0.15) is 0 Å². The fourth-order valence-corrected chi connectivity index (χ4v) is 1.75. The van der Waals surface area contributed by atoms with Gasteiger partial charge in [-0.3, -0.25) is 0 Å². The Kier molecular flexibility index (Phi) is 5.86. The van der Waals surface area contributed by atoms with Crippen LogP contribution < -0.4 is 4.74 Å². The van der Waals surface area contributed by atoms with E-state index in [1.807, 2.05) is 12.1 Å². The molecule has 0 radical (unpaired) electrons. The second-order valence-corrected chi connectivity index (χ2v) is 3.97. The van der Waals surface area contributed by atoms with Gasteiger partial charge in [0.15, 0.2) is 0 Å². The molecule has 1 heterocycles. The second kappa shape index (κ2) is 7.23. The van der Waals surface area contributed by atoms with Gasteiger partial charge in [0.2, 0.25) is 5.88 Å². The van der Waals surface area contributed by atoms with Gasteiger partial charge in [0, 0.05) is 11.8 Å². The maximum absolute atomic E-state index is 10.0. The summed E-state index contributed by atoms with van der Waals surface area (Å²) in [7, 11) is 1.58. The molecule has 1 atom stereocenters. The van der Waals surface area contributed by atoms with Crippen molar-refractivity contribution in [3.8, 4) is 5.88 Å². The quantitative estimate of drug-likeness (QED) is 0.722. The molecule has 0 amide bonds. The van der Waals surface area contributed by atoms with E-state index < -0.39 is 6.10 Å². The molecule has 1 N–H and O–H groups in total. The molecular formula is C13H21NO2. The lowest BCUT2D eigenvalue weighted by molar-refractivity contribution is 0.158. The van der Waals surface area contributed by atoms with Gasteiger partial charge < -0.3 is 9.84 Å². The Balaban J connectivity index is 2.48. The molecule has 0 fully saturated rings. The Hall–Kier alpha value is -1.09. The molecule has 0 aliphatic heterocycles. The average Bonchev–Trinajstić information content (AvgIpc) is 2.34. The Morgan fingerprint density at radius 3 is 2.88 bits per heavy atom. The van der Waals surface area contributed by atoms with Crippen molar-refractivity contribution in [1.29, 1.82) is 0 Å². The smallest absolute Gasteiger partial charge is 0.218 e. The van der Waals surface area contributed by atoms with E-state index in [1.165, 1.54) is 19.3 Å². The number of rotatable bonds is 7. The van der Waals surface area contributed by atoms with Crippen molar-refractivity contribution >= 4 is 0 Å². The van der Waals surface area contributed by atoms with Crippen molar-refractivity contribution in [3.63, 3.8) is 0 Å². The molecule has 3 nitrogen and oxygen atoms in total. The lowest BCUT2D eigenvalue weighted by Gasteiger charge is -2.13. The highest BCUT2D eigenvalue weighted by Gasteiger charge is 2.12. The molecule has 0 aromatic carbocycles. The van der Waals surface area contributed by atoms with Crippen molar-refractivity contribution in [2.45, 2.75) is 45.1 Å². The van der Waals surface area contributed by atoms with Gasteiger partial charge in [-0.05, 0) is 18.6 Å². The Bertz CT molecular complexity index is 302. The summed E-state index contributed by atoms with van der Waals surface area (Å²) >= 11 is 0. The van der Waals surface area contributed by atoms with Crippen LogP contribution in [0.25, 0.3) is 0 Å². The standard InChI is InChI=1S/C13H21NO2/c1-3-4-5-6-9-12(15)11-8-7-10-14-13(11)16-2/h7-8,10,12,15H,3-6,9H2,1-2H3. The minimum Gasteiger partial charge on any atom is -0.481 e. The van der Waals surface area contributed by atoms with Crippen LogP contribution in [0.1, 0.15) is 50.7 Å². The summed E-state index contributed by atoms with van der Waals surface area (Å²) in [5.74, 6) is 0.533. The van der Waals surface area contributed by atoms with Gasteiger partial charge in [-0.1, -0.05) is 32.6 Å². The summed E-state index contributed by atoms with van der Waals surface area (Å²) in [5.41, 5.74) is 0.793. The van der Waals surface area contributed by atoms with Crippen LogP contribution in [-0.2, 0) is 0 Å². The van der Waals surface area contributed by atoms with E-state index in [4.69, 9.17) is 4.74 Å². The number of aromatic nitrogens is 1. The zero-order valence-corrected chi connectivity index (χ0v) is 10.1. The first-order chi connectivity index (χ1) is 7.79. The molecule has 1 aromatic rings. The molecule has 90 valence electrons. The van der Waals surface area contributed by atoms with Crippen LogP contribution in [-0.4, -0.2) is 17.2 Å². The van der Waals surface area contributed by atoms with Crippen LogP contribution in [0.3, 0.4) is 0 Å². The van der Waals surface area contributed by atoms with Crippen molar-refractivity contribution < 1.29 is 9.84 Å². The lowest BCUT2D eigenvalue weighted by atomic mass is 10.0. The molecule has 0 aliphatic carbocycles. The van der Waals surface area contributed by atoms with E-state index in [0.717, 1.165) is 18.4 Å². The van der Waals surface area contributed by atoms with E-state index in [2.05, 4.69) is 11.9 Å². The summed E-state index contributed by atoms with van der Waals surface area (Å²) in [6, 6.07) is 3.70. The van der Waals surface area contributed by atoms with Crippen molar-refractivity contribution in [2.24, 2.45) is 0 Å². The lowest BCUT2D eigenvalue weighted by Crippen LogP contribution is -2.02. The van der Waals surface area contributed by atoms with E-state index in [9.17, 15) is 5.11 Å². The number of hydrogen-bond donors (Lipinski definition) is 1. The average molecular weight is 223 g/mol. The number of methoxy groups -OCH3 is 1. The number of aliphatic hydroxyl groups excluding tert-OH is 1. The molecular weight excluding hydrogens is 202 g/mol. The number of nitrogens with zero attached hydrogens (tertiary/aromatic N) is 1. The largest absolute Gasteiger partial charge is 0.481 e. The van der Waals surface area contributed by atoms with Crippen LogP contribution >= 0.6 is 0 Å². The normalized spacial score (nSPS) is 12.4. The molecule has 16 heavy (non-hydrogen) atoms. The minimum atomic E-state index is -0.458. The van der Waals surface area contributed by atoms with E-state index in [1.54, 1.807) is 13.3 Å². The number of aliphatic hydroxyl groups is 1. The number of unbranched alkanes of at least 4 members (excludes halogenated alkanes) is 3. The number of ether oxygens (including phenoxy) is 1.